The van der Waals surface area contributed by atoms with E-state index in [2.05, 4.69) is 5.32 Å². The molecule has 0 radical (unpaired) electrons. The fraction of sp³-hybridized carbons (Fsp3) is 0.692. The minimum atomic E-state index is -0.329. The number of nitrogens with zero attached hydrogens (tertiary/aromatic N) is 1. The highest BCUT2D eigenvalue weighted by molar-refractivity contribution is 7.07. The standard InChI is InChI=1S/C13H23N3O2S/c1-4-13(14,5-2)9-15-11(17)6-7-16-10(3)8-19-12(16)18/h8H,4-7,9,14H2,1-3H3,(H,15,17). The van der Waals surface area contributed by atoms with Gasteiger partial charge in [-0.2, -0.15) is 0 Å². The summed E-state index contributed by atoms with van der Waals surface area (Å²) in [6, 6.07) is 0. The van der Waals surface area contributed by atoms with Gasteiger partial charge in [0.05, 0.1) is 0 Å². The van der Waals surface area contributed by atoms with E-state index in [-0.39, 0.29) is 16.3 Å². The highest BCUT2D eigenvalue weighted by Crippen LogP contribution is 2.09. The Labute approximate surface area is 117 Å². The van der Waals surface area contributed by atoms with E-state index in [4.69, 9.17) is 5.73 Å². The first-order valence-electron chi connectivity index (χ1n) is 6.62. The molecule has 0 unspecified atom stereocenters. The van der Waals surface area contributed by atoms with E-state index in [0.29, 0.717) is 19.5 Å². The van der Waals surface area contributed by atoms with Crippen molar-refractivity contribution >= 4 is 17.2 Å². The van der Waals surface area contributed by atoms with Crippen molar-refractivity contribution in [1.82, 2.24) is 9.88 Å². The Hall–Kier alpha value is -1.14. The van der Waals surface area contributed by atoms with E-state index < -0.39 is 0 Å². The van der Waals surface area contributed by atoms with Crippen LogP contribution in [0, 0.1) is 6.92 Å². The molecule has 0 atom stereocenters. The molecule has 3 N–H and O–H groups in total. The topological polar surface area (TPSA) is 77.1 Å². The van der Waals surface area contributed by atoms with Gasteiger partial charge in [-0.05, 0) is 19.8 Å². The largest absolute Gasteiger partial charge is 0.354 e. The smallest absolute Gasteiger partial charge is 0.307 e. The van der Waals surface area contributed by atoms with Crippen LogP contribution in [0.25, 0.3) is 0 Å². The van der Waals surface area contributed by atoms with Crippen LogP contribution in [0.3, 0.4) is 0 Å². The summed E-state index contributed by atoms with van der Waals surface area (Å²) in [5.41, 5.74) is 6.69. The van der Waals surface area contributed by atoms with Gasteiger partial charge in [-0.15, -0.1) is 0 Å². The second-order valence-electron chi connectivity index (χ2n) is 4.89. The summed E-state index contributed by atoms with van der Waals surface area (Å²) >= 11 is 1.16. The molecule has 19 heavy (non-hydrogen) atoms. The monoisotopic (exact) mass is 285 g/mol. The molecule has 1 aromatic rings. The van der Waals surface area contributed by atoms with Crippen molar-refractivity contribution in [3.05, 3.63) is 20.7 Å². The van der Waals surface area contributed by atoms with E-state index >= 15 is 0 Å². The molecule has 108 valence electrons. The van der Waals surface area contributed by atoms with Gasteiger partial charge in [0.1, 0.15) is 0 Å². The van der Waals surface area contributed by atoms with Gasteiger partial charge in [0, 0.05) is 36.1 Å². The first-order valence-corrected chi connectivity index (χ1v) is 7.50. The molecule has 0 aliphatic carbocycles. The Bertz CT molecular complexity index is 474. The lowest BCUT2D eigenvalue weighted by Crippen LogP contribution is -2.49. The van der Waals surface area contributed by atoms with Crippen LogP contribution >= 0.6 is 11.3 Å². The quantitative estimate of drug-likeness (QED) is 0.791. The van der Waals surface area contributed by atoms with Gasteiger partial charge in [0.25, 0.3) is 0 Å². The summed E-state index contributed by atoms with van der Waals surface area (Å²) in [6.07, 6.45) is 1.96. The van der Waals surface area contributed by atoms with Crippen LogP contribution in [0.1, 0.15) is 38.8 Å². The molecule has 6 heteroatoms. The zero-order chi connectivity index (χ0) is 14.5. The third-order valence-corrected chi connectivity index (χ3v) is 4.47. The summed E-state index contributed by atoms with van der Waals surface area (Å²) in [4.78, 5) is 23.2. The van der Waals surface area contributed by atoms with Crippen molar-refractivity contribution in [3.8, 4) is 0 Å². The van der Waals surface area contributed by atoms with E-state index in [1.54, 1.807) is 9.95 Å². The fourth-order valence-electron chi connectivity index (χ4n) is 1.75. The Morgan fingerprint density at radius 2 is 2.11 bits per heavy atom. The number of carbonyl (C=O) groups is 1. The number of hydrogen-bond donors (Lipinski definition) is 2. The predicted octanol–water partition coefficient (Wildman–Crippen LogP) is 1.24. The molecule has 0 saturated heterocycles. The molecule has 1 amide bonds. The number of rotatable bonds is 7. The van der Waals surface area contributed by atoms with Crippen LogP contribution in [0.4, 0.5) is 0 Å². The zero-order valence-corrected chi connectivity index (χ0v) is 12.7. The summed E-state index contributed by atoms with van der Waals surface area (Å²) in [5, 5.41) is 4.66. The summed E-state index contributed by atoms with van der Waals surface area (Å²) in [6.45, 7) is 6.81. The molecule has 1 heterocycles. The number of thiazole rings is 1. The number of hydrogen-bond acceptors (Lipinski definition) is 4. The molecule has 0 fully saturated rings. The van der Waals surface area contributed by atoms with Crippen LogP contribution in [0.2, 0.25) is 0 Å². The molecule has 0 aliphatic heterocycles. The van der Waals surface area contributed by atoms with Gasteiger partial charge in [0.2, 0.25) is 5.91 Å². The molecule has 1 rings (SSSR count). The molecular weight excluding hydrogens is 262 g/mol. The lowest BCUT2D eigenvalue weighted by Gasteiger charge is -2.26. The summed E-state index contributed by atoms with van der Waals surface area (Å²) in [7, 11) is 0. The molecule has 5 nitrogen and oxygen atoms in total. The van der Waals surface area contributed by atoms with Crippen LogP contribution in [-0.4, -0.2) is 22.6 Å². The lowest BCUT2D eigenvalue weighted by atomic mass is 9.94. The van der Waals surface area contributed by atoms with Crippen molar-refractivity contribution < 1.29 is 4.79 Å². The molecule has 0 bridgehead atoms. The third kappa shape index (κ3) is 4.47. The number of aromatic nitrogens is 1. The Kier molecular flexibility index (Phi) is 5.75. The zero-order valence-electron chi connectivity index (χ0n) is 11.9. The van der Waals surface area contributed by atoms with Gasteiger partial charge < -0.3 is 15.6 Å². The highest BCUT2D eigenvalue weighted by atomic mass is 32.1. The summed E-state index contributed by atoms with van der Waals surface area (Å²) in [5.74, 6) is -0.0609. The maximum Gasteiger partial charge on any atom is 0.307 e. The van der Waals surface area contributed by atoms with Crippen LogP contribution < -0.4 is 15.9 Å². The van der Waals surface area contributed by atoms with E-state index in [1.807, 2.05) is 20.8 Å². The molecule has 0 saturated carbocycles. The summed E-state index contributed by atoms with van der Waals surface area (Å²) < 4.78 is 1.62. The van der Waals surface area contributed by atoms with Crippen LogP contribution in [0.5, 0.6) is 0 Å². The molecule has 0 aliphatic rings. The Morgan fingerprint density at radius 3 is 2.58 bits per heavy atom. The molecule has 0 aromatic carbocycles. The van der Waals surface area contributed by atoms with E-state index in [1.165, 1.54) is 0 Å². The molecule has 1 aromatic heterocycles. The third-order valence-electron chi connectivity index (χ3n) is 3.58. The minimum absolute atomic E-state index is 0.0133. The second-order valence-corrected chi connectivity index (χ2v) is 5.71. The van der Waals surface area contributed by atoms with Crippen molar-refractivity contribution in [3.63, 3.8) is 0 Å². The normalized spacial score (nSPS) is 11.6. The van der Waals surface area contributed by atoms with Gasteiger partial charge in [-0.1, -0.05) is 25.2 Å². The molecular formula is C13H23N3O2S. The number of carbonyl (C=O) groups excluding carboxylic acids is 1. The fourth-order valence-corrected chi connectivity index (χ4v) is 2.51. The van der Waals surface area contributed by atoms with Gasteiger partial charge in [0.15, 0.2) is 0 Å². The maximum absolute atomic E-state index is 11.8. The number of nitrogens with two attached hydrogens (primary N) is 1. The highest BCUT2D eigenvalue weighted by Gasteiger charge is 2.20. The average molecular weight is 285 g/mol. The van der Waals surface area contributed by atoms with Crippen LogP contribution in [-0.2, 0) is 11.3 Å². The first-order chi connectivity index (χ1) is 8.91. The SMILES string of the molecule is CCC(N)(CC)CNC(=O)CCn1c(C)csc1=O. The van der Waals surface area contributed by atoms with Crippen molar-refractivity contribution in [2.45, 2.75) is 52.1 Å². The Morgan fingerprint density at radius 1 is 1.47 bits per heavy atom. The predicted molar refractivity (Wildman–Crippen MR) is 78.4 cm³/mol. The van der Waals surface area contributed by atoms with E-state index in [9.17, 15) is 9.59 Å². The first kappa shape index (κ1) is 15.9. The maximum atomic E-state index is 11.8. The van der Waals surface area contributed by atoms with Gasteiger partial charge in [-0.25, -0.2) is 0 Å². The van der Waals surface area contributed by atoms with Crippen molar-refractivity contribution in [1.29, 1.82) is 0 Å². The van der Waals surface area contributed by atoms with E-state index in [0.717, 1.165) is 29.9 Å². The Balaban J connectivity index is 2.43. The van der Waals surface area contributed by atoms with Crippen molar-refractivity contribution in [2.24, 2.45) is 5.73 Å². The van der Waals surface area contributed by atoms with Gasteiger partial charge in [-0.3, -0.25) is 9.59 Å². The van der Waals surface area contributed by atoms with Crippen molar-refractivity contribution in [2.75, 3.05) is 6.54 Å². The van der Waals surface area contributed by atoms with Gasteiger partial charge >= 0.3 is 4.87 Å². The number of nitrogens with one attached hydrogen (secondary N) is 1. The number of aryl methyl sites for hydroxylation is 1. The number of amides is 1. The second kappa shape index (κ2) is 6.86. The molecule has 0 spiro atoms. The minimum Gasteiger partial charge on any atom is -0.354 e. The van der Waals surface area contributed by atoms with Crippen LogP contribution in [0.15, 0.2) is 10.2 Å². The lowest BCUT2D eigenvalue weighted by molar-refractivity contribution is -0.121. The average Bonchev–Trinajstić information content (AvgIpc) is 2.73.